The maximum Gasteiger partial charge on any atom is 0.253 e. The van der Waals surface area contributed by atoms with Gasteiger partial charge in [0.15, 0.2) is 0 Å². The lowest BCUT2D eigenvalue weighted by Gasteiger charge is -2.26. The number of anilines is 4. The second kappa shape index (κ2) is 6.34. The van der Waals surface area contributed by atoms with Crippen molar-refractivity contribution in [3.8, 4) is 0 Å². The zero-order valence-electron chi connectivity index (χ0n) is 12.4. The third kappa shape index (κ3) is 2.90. The summed E-state index contributed by atoms with van der Waals surface area (Å²) < 4.78 is 0.790. The molecule has 6 heteroatoms. The Morgan fingerprint density at radius 2 is 1.87 bits per heavy atom. The molecule has 0 aliphatic rings. The van der Waals surface area contributed by atoms with E-state index in [9.17, 15) is 9.59 Å². The van der Waals surface area contributed by atoms with Gasteiger partial charge in [-0.1, -0.05) is 18.2 Å². The minimum Gasteiger partial charge on any atom is -0.349 e. The van der Waals surface area contributed by atoms with Crippen molar-refractivity contribution in [1.29, 1.82) is 0 Å². The van der Waals surface area contributed by atoms with Gasteiger partial charge in [-0.05, 0) is 41.1 Å². The molecule has 0 radical (unpaired) electrons. The number of benzene rings is 1. The van der Waals surface area contributed by atoms with E-state index in [1.807, 2.05) is 42.2 Å². The number of hydrogen-bond donors (Lipinski definition) is 1. The highest BCUT2D eigenvalue weighted by Gasteiger charge is 2.26. The van der Waals surface area contributed by atoms with Crippen molar-refractivity contribution in [1.82, 2.24) is 4.98 Å². The van der Waals surface area contributed by atoms with Crippen LogP contribution >= 0.6 is 15.9 Å². The maximum absolute atomic E-state index is 12.1. The molecule has 0 amide bonds. The van der Waals surface area contributed by atoms with Crippen LogP contribution in [0, 0.1) is 0 Å². The van der Waals surface area contributed by atoms with Gasteiger partial charge in [-0.25, -0.2) is 0 Å². The highest BCUT2D eigenvalue weighted by Crippen LogP contribution is 2.30. The average Bonchev–Trinajstić information content (AvgIpc) is 2.58. The van der Waals surface area contributed by atoms with Crippen molar-refractivity contribution in [3.63, 3.8) is 0 Å². The molecule has 0 saturated heterocycles. The molecule has 0 saturated carbocycles. The van der Waals surface area contributed by atoms with Crippen LogP contribution in [0.25, 0.3) is 0 Å². The quantitative estimate of drug-likeness (QED) is 0.696. The Bertz CT molecular complexity index is 902. The van der Waals surface area contributed by atoms with Gasteiger partial charge in [0, 0.05) is 22.9 Å². The third-order valence-electron chi connectivity index (χ3n) is 3.51. The third-order valence-corrected chi connectivity index (χ3v) is 3.95. The first-order valence-electron chi connectivity index (χ1n) is 7.15. The Hall–Kier alpha value is -2.47. The van der Waals surface area contributed by atoms with Crippen LogP contribution in [0.3, 0.4) is 0 Å². The smallest absolute Gasteiger partial charge is 0.253 e. The molecule has 0 spiro atoms. The summed E-state index contributed by atoms with van der Waals surface area (Å²) in [6, 6.07) is 11.3. The Balaban J connectivity index is 1.99. The van der Waals surface area contributed by atoms with Crippen LogP contribution in [0.4, 0.5) is 22.7 Å². The Labute approximate surface area is 141 Å². The second-order valence-electron chi connectivity index (χ2n) is 4.98. The number of para-hydroxylation sites is 1. The van der Waals surface area contributed by atoms with Gasteiger partial charge in [0.05, 0.1) is 11.9 Å². The topological polar surface area (TPSA) is 62.3 Å². The highest BCUT2D eigenvalue weighted by atomic mass is 79.9. The Morgan fingerprint density at radius 3 is 2.52 bits per heavy atom. The second-order valence-corrected chi connectivity index (χ2v) is 5.89. The van der Waals surface area contributed by atoms with Crippen LogP contribution in [0.1, 0.15) is 6.92 Å². The summed E-state index contributed by atoms with van der Waals surface area (Å²) in [7, 11) is 0. The van der Waals surface area contributed by atoms with E-state index >= 15 is 0 Å². The lowest BCUT2D eigenvalue weighted by molar-refractivity contribution is 1.01. The van der Waals surface area contributed by atoms with E-state index in [2.05, 4.69) is 26.2 Å². The zero-order valence-corrected chi connectivity index (χ0v) is 14.0. The van der Waals surface area contributed by atoms with E-state index in [1.165, 1.54) is 0 Å². The number of rotatable bonds is 5. The molecule has 0 bridgehead atoms. The number of nitrogens with one attached hydrogen (secondary N) is 1. The SMILES string of the molecule is CCN(c1ccccc1)c1c(Nc2cncc(Br)c2)c(=O)c1=O. The van der Waals surface area contributed by atoms with E-state index < -0.39 is 10.9 Å². The van der Waals surface area contributed by atoms with Gasteiger partial charge in [0.2, 0.25) is 0 Å². The largest absolute Gasteiger partial charge is 0.349 e. The molecule has 0 atom stereocenters. The van der Waals surface area contributed by atoms with Crippen LogP contribution in [-0.2, 0) is 0 Å². The van der Waals surface area contributed by atoms with E-state index in [0.717, 1.165) is 10.2 Å². The van der Waals surface area contributed by atoms with Crippen LogP contribution in [0.2, 0.25) is 0 Å². The molecular weight excluding hydrogens is 358 g/mol. The summed E-state index contributed by atoms with van der Waals surface area (Å²) in [6.07, 6.45) is 3.25. The molecule has 1 heterocycles. The van der Waals surface area contributed by atoms with Crippen molar-refractivity contribution < 1.29 is 0 Å². The predicted molar refractivity (Wildman–Crippen MR) is 95.7 cm³/mol. The fraction of sp³-hybridized carbons (Fsp3) is 0.118. The number of pyridine rings is 1. The molecule has 0 aliphatic carbocycles. The van der Waals surface area contributed by atoms with Crippen LogP contribution in [-0.4, -0.2) is 11.5 Å². The van der Waals surface area contributed by atoms with Gasteiger partial charge < -0.3 is 10.2 Å². The molecule has 0 fully saturated rings. The molecule has 1 N–H and O–H groups in total. The summed E-state index contributed by atoms with van der Waals surface area (Å²) >= 11 is 3.33. The first kappa shape index (κ1) is 15.4. The summed E-state index contributed by atoms with van der Waals surface area (Å²) in [4.78, 5) is 30.0. The molecule has 3 rings (SSSR count). The molecule has 116 valence electrons. The van der Waals surface area contributed by atoms with Crippen molar-refractivity contribution in [2.45, 2.75) is 6.92 Å². The van der Waals surface area contributed by atoms with Gasteiger partial charge in [0.25, 0.3) is 10.9 Å². The summed E-state index contributed by atoms with van der Waals surface area (Å²) in [5.74, 6) is 0. The lowest BCUT2D eigenvalue weighted by Crippen LogP contribution is -2.40. The van der Waals surface area contributed by atoms with E-state index in [4.69, 9.17) is 0 Å². The Kier molecular flexibility index (Phi) is 4.25. The first-order chi connectivity index (χ1) is 11.1. The van der Waals surface area contributed by atoms with Gasteiger partial charge in [-0.3, -0.25) is 14.6 Å². The molecule has 3 aromatic rings. The fourth-order valence-corrected chi connectivity index (χ4v) is 2.82. The summed E-state index contributed by atoms with van der Waals surface area (Å²) in [5, 5.41) is 3.01. The van der Waals surface area contributed by atoms with Crippen LogP contribution in [0.15, 0.2) is 62.9 Å². The highest BCUT2D eigenvalue weighted by molar-refractivity contribution is 9.10. The standard InChI is InChI=1S/C17H14BrN3O2/c1-2-21(13-6-4-3-5-7-13)15-14(16(22)17(15)23)20-12-8-11(18)9-19-10-12/h3-10,20H,2H2,1H3. The molecular formula is C17H14BrN3O2. The predicted octanol–water partition coefficient (Wildman–Crippen LogP) is 3.34. The molecule has 5 nitrogen and oxygen atoms in total. The lowest BCUT2D eigenvalue weighted by atomic mass is 10.1. The fourth-order valence-electron chi connectivity index (χ4n) is 2.46. The van der Waals surface area contributed by atoms with Gasteiger partial charge >= 0.3 is 0 Å². The van der Waals surface area contributed by atoms with Crippen molar-refractivity contribution >= 4 is 38.7 Å². The van der Waals surface area contributed by atoms with E-state index in [0.29, 0.717) is 23.6 Å². The molecule has 23 heavy (non-hydrogen) atoms. The zero-order chi connectivity index (χ0) is 16.4. The van der Waals surface area contributed by atoms with Crippen LogP contribution in [0.5, 0.6) is 0 Å². The Morgan fingerprint density at radius 1 is 1.13 bits per heavy atom. The summed E-state index contributed by atoms with van der Waals surface area (Å²) in [6.45, 7) is 2.52. The summed E-state index contributed by atoms with van der Waals surface area (Å²) in [5.41, 5.74) is 1.24. The molecule has 2 aromatic carbocycles. The minimum absolute atomic E-state index is 0.306. The number of nitrogens with zero attached hydrogens (tertiary/aromatic N) is 2. The average molecular weight is 372 g/mol. The number of halogens is 1. The van der Waals surface area contributed by atoms with E-state index in [-0.39, 0.29) is 0 Å². The van der Waals surface area contributed by atoms with Gasteiger partial charge in [0.1, 0.15) is 11.4 Å². The number of aromatic nitrogens is 1. The molecule has 1 aromatic heterocycles. The minimum atomic E-state index is -0.505. The monoisotopic (exact) mass is 371 g/mol. The first-order valence-corrected chi connectivity index (χ1v) is 7.94. The van der Waals surface area contributed by atoms with Crippen LogP contribution < -0.4 is 21.1 Å². The van der Waals surface area contributed by atoms with E-state index in [1.54, 1.807) is 18.5 Å². The normalized spacial score (nSPS) is 10.7. The maximum atomic E-state index is 12.1. The molecule has 0 unspecified atom stereocenters. The molecule has 0 aliphatic heterocycles. The van der Waals surface area contributed by atoms with Crippen molar-refractivity contribution in [2.24, 2.45) is 0 Å². The van der Waals surface area contributed by atoms with Crippen molar-refractivity contribution in [2.75, 3.05) is 16.8 Å². The van der Waals surface area contributed by atoms with Gasteiger partial charge in [-0.15, -0.1) is 0 Å². The van der Waals surface area contributed by atoms with Gasteiger partial charge in [-0.2, -0.15) is 0 Å². The van der Waals surface area contributed by atoms with Crippen molar-refractivity contribution in [3.05, 3.63) is 73.7 Å². The number of hydrogen-bond acceptors (Lipinski definition) is 5.